The third-order valence-corrected chi connectivity index (χ3v) is 4.56. The van der Waals surface area contributed by atoms with Crippen LogP contribution < -0.4 is 4.90 Å². The largest absolute Gasteiger partial charge is 0.381 e. The van der Waals surface area contributed by atoms with Gasteiger partial charge in [-0.1, -0.05) is 35.5 Å². The molecule has 1 atom stereocenters. The Balaban J connectivity index is 1.55. The Hall–Kier alpha value is -1.88. The van der Waals surface area contributed by atoms with Gasteiger partial charge in [0.1, 0.15) is 0 Å². The van der Waals surface area contributed by atoms with Crippen molar-refractivity contribution in [3.8, 4) is 11.4 Å². The Morgan fingerprint density at radius 1 is 1.14 bits per heavy atom. The second-order valence-electron chi connectivity index (χ2n) is 6.09. The normalized spacial score (nSPS) is 25.6. The van der Waals surface area contributed by atoms with Crippen LogP contribution in [0.3, 0.4) is 0 Å². The molecule has 2 aliphatic heterocycles. The Labute approximate surface area is 123 Å². The van der Waals surface area contributed by atoms with E-state index < -0.39 is 0 Å². The Morgan fingerprint density at radius 3 is 2.86 bits per heavy atom. The van der Waals surface area contributed by atoms with Crippen molar-refractivity contribution in [2.24, 2.45) is 5.41 Å². The molecule has 1 spiro atoms. The van der Waals surface area contributed by atoms with E-state index in [1.54, 1.807) is 0 Å². The van der Waals surface area contributed by atoms with Crippen molar-refractivity contribution < 1.29 is 9.26 Å². The van der Waals surface area contributed by atoms with Gasteiger partial charge in [-0.25, -0.2) is 0 Å². The summed E-state index contributed by atoms with van der Waals surface area (Å²) in [5.74, 6) is 0.660. The van der Waals surface area contributed by atoms with Crippen molar-refractivity contribution in [3.05, 3.63) is 30.3 Å². The van der Waals surface area contributed by atoms with Crippen LogP contribution in [0.25, 0.3) is 11.4 Å². The van der Waals surface area contributed by atoms with Gasteiger partial charge < -0.3 is 14.2 Å². The van der Waals surface area contributed by atoms with Crippen molar-refractivity contribution in [2.75, 3.05) is 31.2 Å². The maximum atomic E-state index is 5.60. The monoisotopic (exact) mass is 285 g/mol. The molecule has 5 nitrogen and oxygen atoms in total. The van der Waals surface area contributed by atoms with Crippen LogP contribution in [0, 0.1) is 5.41 Å². The molecule has 2 aliphatic rings. The van der Waals surface area contributed by atoms with Gasteiger partial charge >= 0.3 is 6.01 Å². The Morgan fingerprint density at radius 2 is 2.05 bits per heavy atom. The minimum atomic E-state index is 0.291. The lowest BCUT2D eigenvalue weighted by molar-refractivity contribution is 0.137. The zero-order chi connectivity index (χ0) is 14.1. The van der Waals surface area contributed by atoms with Crippen LogP contribution in [0.5, 0.6) is 0 Å². The predicted molar refractivity (Wildman–Crippen MR) is 79.1 cm³/mol. The molecule has 0 aliphatic carbocycles. The minimum absolute atomic E-state index is 0.291. The zero-order valence-electron chi connectivity index (χ0n) is 12.0. The number of anilines is 1. The fraction of sp³-hybridized carbons (Fsp3) is 0.500. The van der Waals surface area contributed by atoms with Gasteiger partial charge in [0, 0.05) is 30.7 Å². The maximum Gasteiger partial charge on any atom is 0.324 e. The first-order valence-electron chi connectivity index (χ1n) is 7.57. The molecule has 2 fully saturated rings. The van der Waals surface area contributed by atoms with Gasteiger partial charge in [-0.3, -0.25) is 0 Å². The molecule has 110 valence electrons. The van der Waals surface area contributed by atoms with E-state index in [9.17, 15) is 0 Å². The summed E-state index contributed by atoms with van der Waals surface area (Å²) in [6.45, 7) is 3.69. The van der Waals surface area contributed by atoms with E-state index in [0.29, 0.717) is 17.3 Å². The highest BCUT2D eigenvalue weighted by Crippen LogP contribution is 2.39. The van der Waals surface area contributed by atoms with Crippen molar-refractivity contribution in [1.29, 1.82) is 0 Å². The molecule has 4 rings (SSSR count). The van der Waals surface area contributed by atoms with Crippen molar-refractivity contribution >= 4 is 6.01 Å². The molecular formula is C16H19N3O2. The number of aromatic nitrogens is 2. The molecule has 5 heteroatoms. The third-order valence-electron chi connectivity index (χ3n) is 4.56. The minimum Gasteiger partial charge on any atom is -0.381 e. The van der Waals surface area contributed by atoms with Gasteiger partial charge in [0.2, 0.25) is 5.82 Å². The fourth-order valence-corrected chi connectivity index (χ4v) is 3.39. The van der Waals surface area contributed by atoms with Gasteiger partial charge in [-0.2, -0.15) is 4.98 Å². The predicted octanol–water partition coefficient (Wildman–Crippen LogP) is 2.74. The number of piperidine rings is 1. The molecule has 2 saturated heterocycles. The van der Waals surface area contributed by atoms with Crippen LogP contribution in [0.2, 0.25) is 0 Å². The van der Waals surface area contributed by atoms with Crippen LogP contribution in [0.4, 0.5) is 6.01 Å². The molecule has 0 N–H and O–H groups in total. The van der Waals surface area contributed by atoms with Gasteiger partial charge in [0.25, 0.3) is 0 Å². The molecule has 0 unspecified atom stereocenters. The second-order valence-corrected chi connectivity index (χ2v) is 6.09. The average Bonchev–Trinajstić information content (AvgIpc) is 3.18. The number of ether oxygens (including phenoxy) is 1. The summed E-state index contributed by atoms with van der Waals surface area (Å²) in [4.78, 5) is 6.79. The number of nitrogens with zero attached hydrogens (tertiary/aromatic N) is 3. The van der Waals surface area contributed by atoms with Crippen molar-refractivity contribution in [2.45, 2.75) is 19.3 Å². The quantitative estimate of drug-likeness (QED) is 0.849. The smallest absolute Gasteiger partial charge is 0.324 e. The van der Waals surface area contributed by atoms with Gasteiger partial charge in [-0.05, 0) is 19.3 Å². The molecule has 0 saturated carbocycles. The molecule has 1 aromatic heterocycles. The number of benzene rings is 1. The summed E-state index contributed by atoms with van der Waals surface area (Å²) in [6, 6.07) is 10.6. The van der Waals surface area contributed by atoms with Crippen molar-refractivity contribution in [1.82, 2.24) is 10.1 Å². The molecule has 0 radical (unpaired) electrons. The van der Waals surface area contributed by atoms with E-state index in [2.05, 4.69) is 15.0 Å². The zero-order valence-corrected chi connectivity index (χ0v) is 12.0. The Bertz CT molecular complexity index is 605. The number of hydrogen-bond acceptors (Lipinski definition) is 5. The topological polar surface area (TPSA) is 51.4 Å². The summed E-state index contributed by atoms with van der Waals surface area (Å²) in [6.07, 6.45) is 3.54. The second kappa shape index (κ2) is 5.15. The molecule has 3 heterocycles. The van der Waals surface area contributed by atoms with E-state index in [1.807, 2.05) is 30.3 Å². The van der Waals surface area contributed by atoms with Crippen molar-refractivity contribution in [3.63, 3.8) is 0 Å². The number of rotatable bonds is 2. The highest BCUT2D eigenvalue weighted by Gasteiger charge is 2.40. The van der Waals surface area contributed by atoms with Gasteiger partial charge in [-0.15, -0.1) is 0 Å². The van der Waals surface area contributed by atoms with Crippen LogP contribution >= 0.6 is 0 Å². The van der Waals surface area contributed by atoms with Crippen LogP contribution in [-0.2, 0) is 4.74 Å². The maximum absolute atomic E-state index is 5.60. The summed E-state index contributed by atoms with van der Waals surface area (Å²) in [5, 5.41) is 4.12. The highest BCUT2D eigenvalue weighted by molar-refractivity contribution is 5.55. The standard InChI is InChI=1S/C16H19N3O2/c1-2-5-13(6-3-1)14-17-15(21-18-14)19-9-4-7-16(11-19)8-10-20-12-16/h1-3,5-6H,4,7-12H2/t16-/m1/s1. The first-order valence-corrected chi connectivity index (χ1v) is 7.57. The van der Waals surface area contributed by atoms with E-state index >= 15 is 0 Å². The van der Waals surface area contributed by atoms with E-state index in [4.69, 9.17) is 9.26 Å². The SMILES string of the molecule is c1ccc(-c2noc(N3CCC[C@@]4(CCOC4)C3)n2)cc1. The molecule has 0 amide bonds. The molecular weight excluding hydrogens is 266 g/mol. The molecule has 0 bridgehead atoms. The Kier molecular flexibility index (Phi) is 3.15. The first kappa shape index (κ1) is 12.8. The van der Waals surface area contributed by atoms with Crippen LogP contribution in [-0.4, -0.2) is 36.4 Å². The average molecular weight is 285 g/mol. The van der Waals surface area contributed by atoms with Crippen LogP contribution in [0.15, 0.2) is 34.9 Å². The lowest BCUT2D eigenvalue weighted by Gasteiger charge is -2.38. The summed E-state index contributed by atoms with van der Waals surface area (Å²) < 4.78 is 11.1. The summed E-state index contributed by atoms with van der Waals surface area (Å²) >= 11 is 0. The lowest BCUT2D eigenvalue weighted by atomic mass is 9.79. The van der Waals surface area contributed by atoms with Crippen LogP contribution in [0.1, 0.15) is 19.3 Å². The highest BCUT2D eigenvalue weighted by atomic mass is 16.5. The molecule has 1 aromatic carbocycles. The fourth-order valence-electron chi connectivity index (χ4n) is 3.39. The first-order chi connectivity index (χ1) is 10.3. The molecule has 21 heavy (non-hydrogen) atoms. The van der Waals surface area contributed by atoms with E-state index in [0.717, 1.165) is 44.7 Å². The molecule has 2 aromatic rings. The summed E-state index contributed by atoms with van der Waals surface area (Å²) in [7, 11) is 0. The lowest BCUT2D eigenvalue weighted by Crippen LogP contribution is -2.43. The van der Waals surface area contributed by atoms with Gasteiger partial charge in [0.15, 0.2) is 0 Å². The third kappa shape index (κ3) is 2.42. The van der Waals surface area contributed by atoms with Gasteiger partial charge in [0.05, 0.1) is 6.61 Å². The number of hydrogen-bond donors (Lipinski definition) is 0. The van der Waals surface area contributed by atoms with E-state index in [1.165, 1.54) is 6.42 Å². The van der Waals surface area contributed by atoms with E-state index in [-0.39, 0.29) is 0 Å². The summed E-state index contributed by atoms with van der Waals surface area (Å²) in [5.41, 5.74) is 1.28.